The molecule has 126 valence electrons. The van der Waals surface area contributed by atoms with Crippen LogP contribution in [0.25, 0.3) is 0 Å². The molecule has 0 aliphatic rings. The van der Waals surface area contributed by atoms with Gasteiger partial charge >= 0.3 is 0 Å². The van der Waals surface area contributed by atoms with Gasteiger partial charge in [0.2, 0.25) is 5.91 Å². The second kappa shape index (κ2) is 8.87. The van der Waals surface area contributed by atoms with E-state index in [0.717, 1.165) is 24.0 Å². The first kappa shape index (κ1) is 17.7. The molecule has 0 aliphatic heterocycles. The number of aryl methyl sites for hydroxylation is 1. The molecule has 0 atom stereocenters. The number of carbonyl (C=O) groups excluding carboxylic acids is 2. The number of carbonyl (C=O) groups is 2. The van der Waals surface area contributed by atoms with Crippen molar-refractivity contribution in [2.75, 3.05) is 11.9 Å². The summed E-state index contributed by atoms with van der Waals surface area (Å²) < 4.78 is 0. The molecule has 0 aromatic heterocycles. The molecule has 0 bridgehead atoms. The topological polar surface area (TPSA) is 58.2 Å². The van der Waals surface area contributed by atoms with E-state index in [-0.39, 0.29) is 11.8 Å². The Morgan fingerprint density at radius 1 is 1.04 bits per heavy atom. The third-order valence-corrected chi connectivity index (χ3v) is 3.84. The Kier molecular flexibility index (Phi) is 6.55. The first-order chi connectivity index (χ1) is 11.6. The van der Waals surface area contributed by atoms with Gasteiger partial charge in [0, 0.05) is 17.8 Å². The highest BCUT2D eigenvalue weighted by Crippen LogP contribution is 2.13. The van der Waals surface area contributed by atoms with Crippen molar-refractivity contribution in [3.63, 3.8) is 0 Å². The lowest BCUT2D eigenvalue weighted by Gasteiger charge is -2.09. The minimum absolute atomic E-state index is 0.0900. The van der Waals surface area contributed by atoms with E-state index in [2.05, 4.69) is 17.6 Å². The minimum Gasteiger partial charge on any atom is -0.352 e. The van der Waals surface area contributed by atoms with E-state index in [4.69, 9.17) is 0 Å². The lowest BCUT2D eigenvalue weighted by Crippen LogP contribution is -2.24. The van der Waals surface area contributed by atoms with Crippen molar-refractivity contribution >= 4 is 17.5 Å². The fraction of sp³-hybridized carbons (Fsp3) is 0.300. The molecule has 4 nitrogen and oxygen atoms in total. The minimum atomic E-state index is -0.113. The molecule has 4 heteroatoms. The molecule has 2 rings (SSSR count). The van der Waals surface area contributed by atoms with Crippen LogP contribution >= 0.6 is 0 Å². The summed E-state index contributed by atoms with van der Waals surface area (Å²) in [6.45, 7) is 4.74. The Hall–Kier alpha value is -2.62. The number of hydrogen-bond donors (Lipinski definition) is 2. The molecule has 0 aliphatic carbocycles. The van der Waals surface area contributed by atoms with E-state index < -0.39 is 0 Å². The Morgan fingerprint density at radius 3 is 2.58 bits per heavy atom. The van der Waals surface area contributed by atoms with Crippen molar-refractivity contribution in [3.05, 3.63) is 65.2 Å². The zero-order chi connectivity index (χ0) is 17.4. The summed E-state index contributed by atoms with van der Waals surface area (Å²) in [7, 11) is 0. The van der Waals surface area contributed by atoms with Crippen LogP contribution in [0.2, 0.25) is 0 Å². The summed E-state index contributed by atoms with van der Waals surface area (Å²) in [5, 5.41) is 5.74. The molecule has 0 heterocycles. The molecule has 0 spiro atoms. The van der Waals surface area contributed by atoms with Crippen LogP contribution in [0.3, 0.4) is 0 Å². The molecule has 0 saturated heterocycles. The van der Waals surface area contributed by atoms with Crippen molar-refractivity contribution in [3.8, 4) is 0 Å². The largest absolute Gasteiger partial charge is 0.352 e. The van der Waals surface area contributed by atoms with E-state index in [0.29, 0.717) is 24.2 Å². The number of anilines is 1. The quantitative estimate of drug-likeness (QED) is 0.763. The SMILES string of the molecule is CCCCNC(=O)c1cccc(NC(=O)Cc2ccccc2C)c1. The fourth-order valence-electron chi connectivity index (χ4n) is 2.41. The summed E-state index contributed by atoms with van der Waals surface area (Å²) in [4.78, 5) is 24.3. The summed E-state index contributed by atoms with van der Waals surface area (Å²) in [5.41, 5.74) is 3.29. The van der Waals surface area contributed by atoms with Gasteiger partial charge in [-0.25, -0.2) is 0 Å². The Bertz CT molecular complexity index is 710. The van der Waals surface area contributed by atoms with Crippen molar-refractivity contribution in [2.24, 2.45) is 0 Å². The van der Waals surface area contributed by atoms with E-state index in [1.54, 1.807) is 24.3 Å². The molecule has 0 saturated carbocycles. The molecule has 2 amide bonds. The van der Waals surface area contributed by atoms with Gasteiger partial charge in [0.25, 0.3) is 5.91 Å². The van der Waals surface area contributed by atoms with Crippen LogP contribution in [0.4, 0.5) is 5.69 Å². The van der Waals surface area contributed by atoms with Gasteiger partial charge in [-0.05, 0) is 42.7 Å². The van der Waals surface area contributed by atoms with Gasteiger partial charge in [-0.15, -0.1) is 0 Å². The smallest absolute Gasteiger partial charge is 0.251 e. The highest BCUT2D eigenvalue weighted by molar-refractivity contribution is 5.97. The molecule has 2 N–H and O–H groups in total. The Morgan fingerprint density at radius 2 is 1.83 bits per heavy atom. The maximum atomic E-state index is 12.2. The maximum Gasteiger partial charge on any atom is 0.251 e. The molecule has 24 heavy (non-hydrogen) atoms. The zero-order valence-corrected chi connectivity index (χ0v) is 14.3. The third kappa shape index (κ3) is 5.23. The van der Waals surface area contributed by atoms with E-state index in [1.165, 1.54) is 0 Å². The molecular weight excluding hydrogens is 300 g/mol. The van der Waals surface area contributed by atoms with Crippen LogP contribution in [0, 0.1) is 6.92 Å². The molecule has 2 aromatic rings. The van der Waals surface area contributed by atoms with Crippen molar-refractivity contribution in [2.45, 2.75) is 33.1 Å². The predicted octanol–water partition coefficient (Wildman–Crippen LogP) is 3.71. The van der Waals surface area contributed by atoms with Gasteiger partial charge in [0.1, 0.15) is 0 Å². The zero-order valence-electron chi connectivity index (χ0n) is 14.3. The number of amides is 2. The van der Waals surface area contributed by atoms with Crippen LogP contribution < -0.4 is 10.6 Å². The van der Waals surface area contributed by atoms with Crippen LogP contribution in [-0.4, -0.2) is 18.4 Å². The highest BCUT2D eigenvalue weighted by atomic mass is 16.2. The van der Waals surface area contributed by atoms with Gasteiger partial charge < -0.3 is 10.6 Å². The van der Waals surface area contributed by atoms with E-state index in [9.17, 15) is 9.59 Å². The van der Waals surface area contributed by atoms with Gasteiger partial charge in [0.15, 0.2) is 0 Å². The second-order valence-electron chi connectivity index (χ2n) is 5.84. The average Bonchev–Trinajstić information content (AvgIpc) is 2.57. The molecule has 0 unspecified atom stereocenters. The van der Waals surface area contributed by atoms with Gasteiger partial charge in [-0.3, -0.25) is 9.59 Å². The van der Waals surface area contributed by atoms with Gasteiger partial charge in [-0.2, -0.15) is 0 Å². The Labute approximate surface area is 143 Å². The van der Waals surface area contributed by atoms with Crippen molar-refractivity contribution in [1.82, 2.24) is 5.32 Å². The summed E-state index contributed by atoms with van der Waals surface area (Å²) in [6.07, 6.45) is 2.31. The molecule has 0 fully saturated rings. The van der Waals surface area contributed by atoms with E-state index in [1.807, 2.05) is 31.2 Å². The van der Waals surface area contributed by atoms with Crippen LogP contribution in [0.5, 0.6) is 0 Å². The standard InChI is InChI=1S/C20H24N2O2/c1-3-4-12-21-20(24)17-10-7-11-18(13-17)22-19(23)14-16-9-6-5-8-15(16)2/h5-11,13H,3-4,12,14H2,1-2H3,(H,21,24)(H,22,23). The number of hydrogen-bond acceptors (Lipinski definition) is 2. The number of benzene rings is 2. The molecule has 0 radical (unpaired) electrons. The van der Waals surface area contributed by atoms with Crippen LogP contribution in [0.15, 0.2) is 48.5 Å². The van der Waals surface area contributed by atoms with Gasteiger partial charge in [-0.1, -0.05) is 43.7 Å². The average molecular weight is 324 g/mol. The predicted molar refractivity (Wildman–Crippen MR) is 97.2 cm³/mol. The first-order valence-electron chi connectivity index (χ1n) is 8.32. The summed E-state index contributed by atoms with van der Waals surface area (Å²) in [6, 6.07) is 14.8. The van der Waals surface area contributed by atoms with Crippen molar-refractivity contribution < 1.29 is 9.59 Å². The number of nitrogens with one attached hydrogen (secondary N) is 2. The number of unbranched alkanes of at least 4 members (excludes halogenated alkanes) is 1. The number of rotatable bonds is 7. The molecule has 2 aromatic carbocycles. The van der Waals surface area contributed by atoms with Gasteiger partial charge in [0.05, 0.1) is 6.42 Å². The normalized spacial score (nSPS) is 10.2. The van der Waals surface area contributed by atoms with Crippen LogP contribution in [0.1, 0.15) is 41.3 Å². The van der Waals surface area contributed by atoms with E-state index >= 15 is 0 Å². The fourth-order valence-corrected chi connectivity index (χ4v) is 2.41. The second-order valence-corrected chi connectivity index (χ2v) is 5.84. The van der Waals surface area contributed by atoms with Crippen LogP contribution in [-0.2, 0) is 11.2 Å². The maximum absolute atomic E-state index is 12.2. The van der Waals surface area contributed by atoms with Crippen molar-refractivity contribution in [1.29, 1.82) is 0 Å². The lowest BCUT2D eigenvalue weighted by atomic mass is 10.1. The molecular formula is C20H24N2O2. The highest BCUT2D eigenvalue weighted by Gasteiger charge is 2.09. The summed E-state index contributed by atoms with van der Waals surface area (Å²) in [5.74, 6) is -0.203. The Balaban J connectivity index is 1.97. The first-order valence-corrected chi connectivity index (χ1v) is 8.32. The monoisotopic (exact) mass is 324 g/mol. The third-order valence-electron chi connectivity index (χ3n) is 3.84. The summed E-state index contributed by atoms with van der Waals surface area (Å²) >= 11 is 0. The lowest BCUT2D eigenvalue weighted by molar-refractivity contribution is -0.115.